The minimum Gasteiger partial charge on any atom is -0.391 e. The molecule has 0 saturated carbocycles. The summed E-state index contributed by atoms with van der Waals surface area (Å²) in [5.41, 5.74) is 2.65. The third-order valence-corrected chi connectivity index (χ3v) is 1.78. The number of nitrogens with one attached hydrogen (secondary N) is 1. The van der Waals surface area contributed by atoms with E-state index in [4.69, 9.17) is 0 Å². The summed E-state index contributed by atoms with van der Waals surface area (Å²) in [6, 6.07) is 0. The molecular formula is C10H19N. The Bertz CT molecular complexity index is 164. The molecule has 0 radical (unpaired) electrons. The highest BCUT2D eigenvalue weighted by atomic mass is 14.8. The molecule has 0 aromatic heterocycles. The van der Waals surface area contributed by atoms with Crippen molar-refractivity contribution in [1.82, 2.24) is 5.32 Å². The molecule has 0 spiro atoms. The molecule has 1 heteroatoms. The molecule has 0 unspecified atom stereocenters. The highest BCUT2D eigenvalue weighted by Crippen LogP contribution is 2.14. The van der Waals surface area contributed by atoms with Gasteiger partial charge in [-0.3, -0.25) is 0 Å². The Labute approximate surface area is 70.2 Å². The first-order chi connectivity index (χ1) is 5.13. The van der Waals surface area contributed by atoms with Crippen molar-refractivity contribution in [2.45, 2.75) is 27.7 Å². The zero-order chi connectivity index (χ0) is 8.85. The molecule has 0 aromatic carbocycles. The van der Waals surface area contributed by atoms with Gasteiger partial charge >= 0.3 is 0 Å². The summed E-state index contributed by atoms with van der Waals surface area (Å²) in [7, 11) is 1.96. The summed E-state index contributed by atoms with van der Waals surface area (Å²) in [4.78, 5) is 0. The molecule has 1 N–H and O–H groups in total. The molecule has 1 nitrogen and oxygen atoms in total. The van der Waals surface area contributed by atoms with E-state index in [1.807, 2.05) is 14.0 Å². The number of hydrogen-bond donors (Lipinski definition) is 1. The van der Waals surface area contributed by atoms with E-state index in [-0.39, 0.29) is 0 Å². The summed E-state index contributed by atoms with van der Waals surface area (Å²) in [5, 5.41) is 3.16. The van der Waals surface area contributed by atoms with Crippen LogP contribution in [0, 0.1) is 5.92 Å². The van der Waals surface area contributed by atoms with Crippen molar-refractivity contribution in [2.24, 2.45) is 5.92 Å². The van der Waals surface area contributed by atoms with Crippen molar-refractivity contribution >= 4 is 0 Å². The highest BCUT2D eigenvalue weighted by Gasteiger charge is 2.01. The monoisotopic (exact) mass is 153 g/mol. The third-order valence-electron chi connectivity index (χ3n) is 1.78. The van der Waals surface area contributed by atoms with Gasteiger partial charge in [0.05, 0.1) is 0 Å². The SMILES string of the molecule is C/C=C\C(=C(\C)NC)C(C)C. The lowest BCUT2D eigenvalue weighted by Gasteiger charge is -2.11. The van der Waals surface area contributed by atoms with Crippen LogP contribution in [0.5, 0.6) is 0 Å². The van der Waals surface area contributed by atoms with E-state index in [0.29, 0.717) is 5.92 Å². The maximum atomic E-state index is 3.16. The van der Waals surface area contributed by atoms with Crippen LogP contribution in [-0.4, -0.2) is 7.05 Å². The van der Waals surface area contributed by atoms with E-state index < -0.39 is 0 Å². The minimum atomic E-state index is 0.596. The molecule has 0 atom stereocenters. The molecule has 0 amide bonds. The van der Waals surface area contributed by atoms with E-state index in [0.717, 1.165) is 0 Å². The van der Waals surface area contributed by atoms with Crippen LogP contribution in [0.15, 0.2) is 23.4 Å². The summed E-state index contributed by atoms with van der Waals surface area (Å²) in [5.74, 6) is 0.596. The lowest BCUT2D eigenvalue weighted by Crippen LogP contribution is -2.07. The first kappa shape index (κ1) is 10.3. The Hall–Kier alpha value is -0.720. The predicted octanol–water partition coefficient (Wildman–Crippen LogP) is 2.71. The smallest absolute Gasteiger partial charge is 0.0107 e. The van der Waals surface area contributed by atoms with Gasteiger partial charge in [0.15, 0.2) is 0 Å². The van der Waals surface area contributed by atoms with E-state index in [2.05, 4.69) is 38.2 Å². The minimum absolute atomic E-state index is 0.596. The van der Waals surface area contributed by atoms with Crippen LogP contribution in [0.1, 0.15) is 27.7 Å². The molecule has 0 aliphatic heterocycles. The molecular weight excluding hydrogens is 134 g/mol. The van der Waals surface area contributed by atoms with Crippen LogP contribution < -0.4 is 5.32 Å². The molecule has 0 aliphatic carbocycles. The van der Waals surface area contributed by atoms with Crippen LogP contribution in [-0.2, 0) is 0 Å². The van der Waals surface area contributed by atoms with Crippen LogP contribution in [0.25, 0.3) is 0 Å². The first-order valence-corrected chi connectivity index (χ1v) is 4.14. The molecule has 0 rings (SSSR count). The van der Waals surface area contributed by atoms with Gasteiger partial charge in [-0.2, -0.15) is 0 Å². The Morgan fingerprint density at radius 3 is 2.18 bits per heavy atom. The Kier molecular flexibility index (Phi) is 4.67. The predicted molar refractivity (Wildman–Crippen MR) is 51.4 cm³/mol. The molecule has 0 fully saturated rings. The Balaban J connectivity index is 4.57. The van der Waals surface area contributed by atoms with Gasteiger partial charge in [0, 0.05) is 12.7 Å². The largest absolute Gasteiger partial charge is 0.391 e. The van der Waals surface area contributed by atoms with Crippen LogP contribution >= 0.6 is 0 Å². The summed E-state index contributed by atoms with van der Waals surface area (Å²) < 4.78 is 0. The molecule has 64 valence electrons. The third kappa shape index (κ3) is 3.26. The molecule has 0 aliphatic rings. The van der Waals surface area contributed by atoms with Crippen LogP contribution in [0.4, 0.5) is 0 Å². The molecule has 0 aromatic rings. The van der Waals surface area contributed by atoms with E-state index in [1.54, 1.807) is 0 Å². The van der Waals surface area contributed by atoms with E-state index in [1.165, 1.54) is 11.3 Å². The standard InChI is InChI=1S/C10H19N/c1-6-7-10(8(2)3)9(4)11-5/h6-8,11H,1-5H3/b7-6-,10-9+. The maximum absolute atomic E-state index is 3.16. The summed E-state index contributed by atoms with van der Waals surface area (Å²) in [6.07, 6.45) is 4.24. The van der Waals surface area contributed by atoms with Crippen molar-refractivity contribution in [3.05, 3.63) is 23.4 Å². The average molecular weight is 153 g/mol. The average Bonchev–Trinajstić information content (AvgIpc) is 1.98. The molecule has 11 heavy (non-hydrogen) atoms. The summed E-state index contributed by atoms with van der Waals surface area (Å²) >= 11 is 0. The van der Waals surface area contributed by atoms with Gasteiger partial charge in [0.25, 0.3) is 0 Å². The fourth-order valence-corrected chi connectivity index (χ4v) is 1.07. The number of allylic oxidation sites excluding steroid dienone is 4. The van der Waals surface area contributed by atoms with Gasteiger partial charge in [-0.05, 0) is 25.3 Å². The number of hydrogen-bond acceptors (Lipinski definition) is 1. The number of rotatable bonds is 3. The van der Waals surface area contributed by atoms with Crippen molar-refractivity contribution in [2.75, 3.05) is 7.05 Å². The second-order valence-electron chi connectivity index (χ2n) is 2.99. The van der Waals surface area contributed by atoms with Gasteiger partial charge in [0.2, 0.25) is 0 Å². The van der Waals surface area contributed by atoms with Gasteiger partial charge in [-0.15, -0.1) is 0 Å². The van der Waals surface area contributed by atoms with Gasteiger partial charge in [-0.25, -0.2) is 0 Å². The Morgan fingerprint density at radius 2 is 1.91 bits per heavy atom. The quantitative estimate of drug-likeness (QED) is 0.615. The van der Waals surface area contributed by atoms with Gasteiger partial charge < -0.3 is 5.32 Å². The van der Waals surface area contributed by atoms with E-state index >= 15 is 0 Å². The maximum Gasteiger partial charge on any atom is 0.0107 e. The van der Waals surface area contributed by atoms with Crippen molar-refractivity contribution in [3.63, 3.8) is 0 Å². The molecule has 0 bridgehead atoms. The Morgan fingerprint density at radius 1 is 1.36 bits per heavy atom. The second kappa shape index (κ2) is 5.00. The molecule has 0 heterocycles. The van der Waals surface area contributed by atoms with Crippen molar-refractivity contribution in [3.8, 4) is 0 Å². The molecule has 0 saturated heterocycles. The van der Waals surface area contributed by atoms with Gasteiger partial charge in [0.1, 0.15) is 0 Å². The van der Waals surface area contributed by atoms with Crippen LogP contribution in [0.3, 0.4) is 0 Å². The van der Waals surface area contributed by atoms with Crippen LogP contribution in [0.2, 0.25) is 0 Å². The van der Waals surface area contributed by atoms with Crippen molar-refractivity contribution in [1.29, 1.82) is 0 Å². The second-order valence-corrected chi connectivity index (χ2v) is 2.99. The topological polar surface area (TPSA) is 12.0 Å². The van der Waals surface area contributed by atoms with E-state index in [9.17, 15) is 0 Å². The van der Waals surface area contributed by atoms with Gasteiger partial charge in [-0.1, -0.05) is 26.0 Å². The lowest BCUT2D eigenvalue weighted by atomic mass is 10.0. The lowest BCUT2D eigenvalue weighted by molar-refractivity contribution is 0.760. The summed E-state index contributed by atoms with van der Waals surface area (Å²) in [6.45, 7) is 8.56. The highest BCUT2D eigenvalue weighted by molar-refractivity contribution is 5.24. The fraction of sp³-hybridized carbons (Fsp3) is 0.600. The zero-order valence-corrected chi connectivity index (χ0v) is 8.23. The normalized spacial score (nSPS) is 14.0. The fourth-order valence-electron chi connectivity index (χ4n) is 1.07. The zero-order valence-electron chi connectivity index (χ0n) is 8.23. The first-order valence-electron chi connectivity index (χ1n) is 4.14. The van der Waals surface area contributed by atoms with Crippen molar-refractivity contribution < 1.29 is 0 Å².